The molecular formula is C8H12N2O3. The summed E-state index contributed by atoms with van der Waals surface area (Å²) in [5.74, 6) is -0.496. The van der Waals surface area contributed by atoms with Crippen LogP contribution in [0.1, 0.15) is 19.8 Å². The molecule has 0 heterocycles. The van der Waals surface area contributed by atoms with Crippen molar-refractivity contribution in [3.63, 3.8) is 0 Å². The van der Waals surface area contributed by atoms with Gasteiger partial charge in [0, 0.05) is 6.42 Å². The second-order valence-electron chi connectivity index (χ2n) is 2.29. The topological polar surface area (TPSA) is 79.2 Å². The molecule has 0 bridgehead atoms. The van der Waals surface area contributed by atoms with Crippen molar-refractivity contribution < 1.29 is 14.3 Å². The molecular weight excluding hydrogens is 172 g/mol. The van der Waals surface area contributed by atoms with E-state index in [-0.39, 0.29) is 19.4 Å². The van der Waals surface area contributed by atoms with Gasteiger partial charge >= 0.3 is 5.97 Å². The summed E-state index contributed by atoms with van der Waals surface area (Å²) in [5, 5.41) is 10.6. The lowest BCUT2D eigenvalue weighted by atomic mass is 10.2. The van der Waals surface area contributed by atoms with E-state index in [1.54, 1.807) is 6.92 Å². The zero-order chi connectivity index (χ0) is 10.1. The quantitative estimate of drug-likeness (QED) is 0.464. The maximum Gasteiger partial charge on any atom is 0.328 e. The highest BCUT2D eigenvalue weighted by atomic mass is 16.5. The maximum absolute atomic E-state index is 11.1. The van der Waals surface area contributed by atoms with Gasteiger partial charge in [-0.1, -0.05) is 0 Å². The van der Waals surface area contributed by atoms with Crippen LogP contribution in [0.5, 0.6) is 0 Å². The number of amides is 1. The molecule has 0 aliphatic rings. The third-order valence-corrected chi connectivity index (χ3v) is 1.39. The molecule has 0 aliphatic heterocycles. The van der Waals surface area contributed by atoms with Gasteiger partial charge in [0.25, 0.3) is 0 Å². The minimum Gasteiger partial charge on any atom is -0.464 e. The van der Waals surface area contributed by atoms with Gasteiger partial charge in [-0.25, -0.2) is 4.79 Å². The minimum atomic E-state index is -0.697. The molecule has 1 atom stereocenters. The molecule has 0 spiro atoms. The molecule has 5 nitrogen and oxygen atoms in total. The maximum atomic E-state index is 11.1. The number of carbonyl (C=O) groups is 2. The molecule has 72 valence electrons. The van der Waals surface area contributed by atoms with Gasteiger partial charge in [-0.15, -0.1) is 0 Å². The smallest absolute Gasteiger partial charge is 0.328 e. The summed E-state index contributed by atoms with van der Waals surface area (Å²) in [6.07, 6.45) is 0.928. The number of nitriles is 1. The summed E-state index contributed by atoms with van der Waals surface area (Å²) >= 11 is 0. The number of hydrogen-bond donors (Lipinski definition) is 1. The lowest BCUT2D eigenvalue weighted by Gasteiger charge is -2.12. The van der Waals surface area contributed by atoms with Crippen LogP contribution >= 0.6 is 0 Å². The van der Waals surface area contributed by atoms with Crippen LogP contribution in [0.15, 0.2) is 0 Å². The van der Waals surface area contributed by atoms with Crippen LogP contribution in [0.3, 0.4) is 0 Å². The van der Waals surface area contributed by atoms with Crippen LogP contribution < -0.4 is 5.32 Å². The Morgan fingerprint density at radius 1 is 1.77 bits per heavy atom. The Hall–Kier alpha value is -1.57. The van der Waals surface area contributed by atoms with Gasteiger partial charge in [0.15, 0.2) is 0 Å². The minimum absolute atomic E-state index is 0.213. The largest absolute Gasteiger partial charge is 0.464 e. The SMILES string of the molecule is CCOC(=O)C(CCC#N)NC=O. The fourth-order valence-electron chi connectivity index (χ4n) is 0.803. The second-order valence-corrected chi connectivity index (χ2v) is 2.29. The molecule has 5 heteroatoms. The van der Waals surface area contributed by atoms with E-state index in [1.807, 2.05) is 6.07 Å². The zero-order valence-electron chi connectivity index (χ0n) is 7.45. The van der Waals surface area contributed by atoms with E-state index in [4.69, 9.17) is 5.26 Å². The number of nitrogens with zero attached hydrogens (tertiary/aromatic N) is 1. The highest BCUT2D eigenvalue weighted by Gasteiger charge is 2.17. The number of carbonyl (C=O) groups excluding carboxylic acids is 2. The predicted octanol–water partition coefficient (Wildman–Crippen LogP) is -0.0321. The van der Waals surface area contributed by atoms with Crippen molar-refractivity contribution in [1.82, 2.24) is 5.32 Å². The average Bonchev–Trinajstić information content (AvgIpc) is 2.12. The zero-order valence-corrected chi connectivity index (χ0v) is 7.45. The molecule has 0 saturated heterocycles. The third kappa shape index (κ3) is 4.80. The van der Waals surface area contributed by atoms with E-state index in [9.17, 15) is 9.59 Å². The monoisotopic (exact) mass is 184 g/mol. The lowest BCUT2D eigenvalue weighted by Crippen LogP contribution is -2.37. The van der Waals surface area contributed by atoms with Crippen molar-refractivity contribution in [3.8, 4) is 6.07 Å². The normalized spacial score (nSPS) is 11.1. The number of ether oxygens (including phenoxy) is 1. The predicted molar refractivity (Wildman–Crippen MR) is 44.5 cm³/mol. The summed E-state index contributed by atoms with van der Waals surface area (Å²) in [5.41, 5.74) is 0. The molecule has 1 amide bonds. The van der Waals surface area contributed by atoms with Gasteiger partial charge in [0.1, 0.15) is 6.04 Å². The number of nitrogens with one attached hydrogen (secondary N) is 1. The average molecular weight is 184 g/mol. The fraction of sp³-hybridized carbons (Fsp3) is 0.625. The van der Waals surface area contributed by atoms with Crippen molar-refractivity contribution in [1.29, 1.82) is 5.26 Å². The van der Waals surface area contributed by atoms with Gasteiger partial charge in [-0.2, -0.15) is 5.26 Å². The Morgan fingerprint density at radius 3 is 2.92 bits per heavy atom. The number of rotatable bonds is 6. The van der Waals surface area contributed by atoms with E-state index in [2.05, 4.69) is 10.1 Å². The lowest BCUT2D eigenvalue weighted by molar-refractivity contribution is -0.146. The van der Waals surface area contributed by atoms with Crippen molar-refractivity contribution in [2.45, 2.75) is 25.8 Å². The summed E-state index contributed by atoms with van der Waals surface area (Å²) in [7, 11) is 0. The van der Waals surface area contributed by atoms with Crippen molar-refractivity contribution >= 4 is 12.4 Å². The molecule has 13 heavy (non-hydrogen) atoms. The first-order valence-electron chi connectivity index (χ1n) is 3.99. The van der Waals surface area contributed by atoms with Gasteiger partial charge in [0.2, 0.25) is 6.41 Å². The van der Waals surface area contributed by atoms with E-state index >= 15 is 0 Å². The molecule has 0 aromatic carbocycles. The van der Waals surface area contributed by atoms with E-state index in [0.717, 1.165) is 0 Å². The molecule has 0 saturated carbocycles. The van der Waals surface area contributed by atoms with Gasteiger partial charge in [-0.05, 0) is 13.3 Å². The molecule has 0 radical (unpaired) electrons. The van der Waals surface area contributed by atoms with E-state index in [1.165, 1.54) is 0 Å². The van der Waals surface area contributed by atoms with Gasteiger partial charge < -0.3 is 10.1 Å². The van der Waals surface area contributed by atoms with Crippen molar-refractivity contribution in [2.75, 3.05) is 6.61 Å². The Labute approximate surface area is 76.7 Å². The first kappa shape index (κ1) is 11.4. The van der Waals surface area contributed by atoms with E-state index in [0.29, 0.717) is 6.41 Å². The van der Waals surface area contributed by atoms with Crippen LogP contribution in [0.4, 0.5) is 0 Å². The van der Waals surface area contributed by atoms with Gasteiger partial charge in [0.05, 0.1) is 12.7 Å². The number of hydrogen-bond acceptors (Lipinski definition) is 4. The van der Waals surface area contributed by atoms with Crippen molar-refractivity contribution in [3.05, 3.63) is 0 Å². The molecule has 0 fully saturated rings. The standard InChI is InChI=1S/C8H12N2O3/c1-2-13-8(12)7(10-6-11)4-3-5-9/h6-7H,2-4H2,1H3,(H,10,11). The third-order valence-electron chi connectivity index (χ3n) is 1.39. The highest BCUT2D eigenvalue weighted by molar-refractivity contribution is 5.78. The summed E-state index contributed by atoms with van der Waals surface area (Å²) < 4.78 is 4.68. The highest BCUT2D eigenvalue weighted by Crippen LogP contribution is 1.98. The van der Waals surface area contributed by atoms with Crippen LogP contribution in [-0.4, -0.2) is 25.0 Å². The van der Waals surface area contributed by atoms with E-state index < -0.39 is 12.0 Å². The van der Waals surface area contributed by atoms with Crippen LogP contribution in [0.25, 0.3) is 0 Å². The second kappa shape index (κ2) is 7.10. The molecule has 1 N–H and O–H groups in total. The van der Waals surface area contributed by atoms with Crippen molar-refractivity contribution in [2.24, 2.45) is 0 Å². The Morgan fingerprint density at radius 2 is 2.46 bits per heavy atom. The summed E-state index contributed by atoms with van der Waals surface area (Å²) in [6, 6.07) is 1.19. The van der Waals surface area contributed by atoms with Gasteiger partial charge in [-0.3, -0.25) is 4.79 Å². The number of esters is 1. The molecule has 0 aromatic heterocycles. The van der Waals surface area contributed by atoms with Crippen LogP contribution in [-0.2, 0) is 14.3 Å². The fourth-order valence-corrected chi connectivity index (χ4v) is 0.803. The molecule has 1 unspecified atom stereocenters. The Kier molecular flexibility index (Phi) is 6.24. The van der Waals surface area contributed by atoms with Crippen LogP contribution in [0.2, 0.25) is 0 Å². The molecule has 0 rings (SSSR count). The molecule has 0 aliphatic carbocycles. The Balaban J connectivity index is 3.99. The Bertz CT molecular complexity index is 210. The van der Waals surface area contributed by atoms with Crippen LogP contribution in [0, 0.1) is 11.3 Å². The first-order chi connectivity index (χ1) is 6.26. The summed E-state index contributed by atoms with van der Waals surface area (Å²) in [4.78, 5) is 21.2. The summed E-state index contributed by atoms with van der Waals surface area (Å²) in [6.45, 7) is 1.95. The first-order valence-corrected chi connectivity index (χ1v) is 3.99. The molecule has 0 aromatic rings.